The first-order valence-corrected chi connectivity index (χ1v) is 6.54. The number of nitrogens with zero attached hydrogens (tertiary/aromatic N) is 1. The maximum absolute atomic E-state index is 11.3. The first-order chi connectivity index (χ1) is 8.65. The predicted octanol–water partition coefficient (Wildman–Crippen LogP) is 1.83. The van der Waals surface area contributed by atoms with E-state index in [1.807, 2.05) is 24.5 Å². The predicted molar refractivity (Wildman–Crippen MR) is 77.4 cm³/mol. The van der Waals surface area contributed by atoms with Crippen molar-refractivity contribution in [2.45, 2.75) is 13.5 Å². The molecule has 0 unspecified atom stereocenters. The number of amides is 1. The molecule has 0 radical (unpaired) electrons. The molecule has 94 valence electrons. The van der Waals surface area contributed by atoms with Crippen molar-refractivity contribution in [3.05, 3.63) is 29.8 Å². The Kier molecular flexibility index (Phi) is 5.81. The van der Waals surface area contributed by atoms with Gasteiger partial charge in [0, 0.05) is 5.69 Å². The summed E-state index contributed by atoms with van der Waals surface area (Å²) in [5.74, 6) is 4.65. The van der Waals surface area contributed by atoms with Crippen molar-refractivity contribution in [2.24, 2.45) is 10.7 Å². The minimum absolute atomic E-state index is 0.318. The zero-order valence-corrected chi connectivity index (χ0v) is 11.2. The minimum Gasteiger partial charge on any atom is -0.379 e. The van der Waals surface area contributed by atoms with Crippen LogP contribution in [0.5, 0.6) is 0 Å². The van der Waals surface area contributed by atoms with Gasteiger partial charge in [-0.05, 0) is 36.8 Å². The number of thioether (sulfide) groups is 1. The van der Waals surface area contributed by atoms with Gasteiger partial charge in [0.15, 0.2) is 5.17 Å². The SMILES string of the molecule is CC#CC(=O)Nc1cccc(CN=C(N)SC)c1. The molecule has 18 heavy (non-hydrogen) atoms. The molecule has 0 spiro atoms. The maximum atomic E-state index is 11.3. The average molecular weight is 261 g/mol. The molecule has 5 heteroatoms. The van der Waals surface area contributed by atoms with Crippen molar-refractivity contribution in [3.8, 4) is 11.8 Å². The van der Waals surface area contributed by atoms with Crippen LogP contribution >= 0.6 is 11.8 Å². The van der Waals surface area contributed by atoms with Gasteiger partial charge in [-0.3, -0.25) is 9.79 Å². The topological polar surface area (TPSA) is 67.5 Å². The van der Waals surface area contributed by atoms with Crippen LogP contribution in [0.4, 0.5) is 5.69 Å². The van der Waals surface area contributed by atoms with Gasteiger partial charge in [-0.25, -0.2) is 0 Å². The highest BCUT2D eigenvalue weighted by Crippen LogP contribution is 2.11. The molecule has 0 aliphatic rings. The molecule has 4 nitrogen and oxygen atoms in total. The number of hydrogen-bond acceptors (Lipinski definition) is 3. The average Bonchev–Trinajstić information content (AvgIpc) is 2.36. The van der Waals surface area contributed by atoms with Crippen LogP contribution in [0.2, 0.25) is 0 Å². The summed E-state index contributed by atoms with van der Waals surface area (Å²) in [5, 5.41) is 3.23. The second kappa shape index (κ2) is 7.41. The van der Waals surface area contributed by atoms with Gasteiger partial charge in [-0.2, -0.15) is 0 Å². The molecule has 1 aromatic rings. The largest absolute Gasteiger partial charge is 0.379 e. The summed E-state index contributed by atoms with van der Waals surface area (Å²) >= 11 is 1.41. The van der Waals surface area contributed by atoms with Crippen LogP contribution in [-0.2, 0) is 11.3 Å². The van der Waals surface area contributed by atoms with Crippen LogP contribution in [0, 0.1) is 11.8 Å². The van der Waals surface area contributed by atoms with Crippen LogP contribution in [0.3, 0.4) is 0 Å². The number of hydrogen-bond donors (Lipinski definition) is 2. The van der Waals surface area contributed by atoms with Crippen molar-refractivity contribution >= 4 is 28.5 Å². The van der Waals surface area contributed by atoms with E-state index in [1.165, 1.54) is 11.8 Å². The fraction of sp³-hybridized carbons (Fsp3) is 0.231. The Morgan fingerprint density at radius 1 is 1.56 bits per heavy atom. The third kappa shape index (κ3) is 4.93. The lowest BCUT2D eigenvalue weighted by Crippen LogP contribution is -2.08. The molecule has 0 aliphatic carbocycles. The smallest absolute Gasteiger partial charge is 0.300 e. The normalized spacial score (nSPS) is 10.4. The number of nitrogens with two attached hydrogens (primary N) is 1. The van der Waals surface area contributed by atoms with Gasteiger partial charge in [0.1, 0.15) is 0 Å². The van der Waals surface area contributed by atoms with E-state index in [2.05, 4.69) is 22.2 Å². The van der Waals surface area contributed by atoms with E-state index >= 15 is 0 Å². The van der Waals surface area contributed by atoms with Crippen LogP contribution in [0.15, 0.2) is 29.3 Å². The second-order valence-corrected chi connectivity index (χ2v) is 4.21. The van der Waals surface area contributed by atoms with E-state index in [4.69, 9.17) is 5.73 Å². The highest BCUT2D eigenvalue weighted by Gasteiger charge is 1.99. The van der Waals surface area contributed by atoms with Crippen molar-refractivity contribution < 1.29 is 4.79 Å². The van der Waals surface area contributed by atoms with Crippen LogP contribution < -0.4 is 11.1 Å². The number of amidine groups is 1. The number of aliphatic imine (C=N–C) groups is 1. The molecule has 1 aromatic carbocycles. The van der Waals surface area contributed by atoms with Gasteiger partial charge in [0.25, 0.3) is 5.91 Å². The zero-order valence-electron chi connectivity index (χ0n) is 10.4. The minimum atomic E-state index is -0.318. The standard InChI is InChI=1S/C13H15N3OS/c1-3-5-12(17)16-11-7-4-6-10(8-11)9-15-13(14)18-2/h4,6-8H,9H2,1-2H3,(H2,14,15)(H,16,17). The molecule has 0 atom stereocenters. The summed E-state index contributed by atoms with van der Waals surface area (Å²) < 4.78 is 0. The molecule has 0 fully saturated rings. The monoisotopic (exact) mass is 261 g/mol. The summed E-state index contributed by atoms with van der Waals surface area (Å²) in [6.45, 7) is 2.12. The number of carbonyl (C=O) groups excluding carboxylic acids is 1. The number of benzene rings is 1. The van der Waals surface area contributed by atoms with Gasteiger partial charge in [0.2, 0.25) is 0 Å². The van der Waals surface area contributed by atoms with E-state index in [0.717, 1.165) is 5.56 Å². The Morgan fingerprint density at radius 3 is 3.00 bits per heavy atom. The fourth-order valence-corrected chi connectivity index (χ4v) is 1.45. The summed E-state index contributed by atoms with van der Waals surface area (Å²) in [6, 6.07) is 7.44. The number of anilines is 1. The van der Waals surface area contributed by atoms with Gasteiger partial charge >= 0.3 is 0 Å². The zero-order chi connectivity index (χ0) is 13.4. The highest BCUT2D eigenvalue weighted by molar-refractivity contribution is 8.13. The quantitative estimate of drug-likeness (QED) is 0.495. The third-order valence-electron chi connectivity index (χ3n) is 2.05. The first-order valence-electron chi connectivity index (χ1n) is 5.32. The molecule has 0 aromatic heterocycles. The van der Waals surface area contributed by atoms with Crippen molar-refractivity contribution in [3.63, 3.8) is 0 Å². The van der Waals surface area contributed by atoms with Gasteiger partial charge in [-0.1, -0.05) is 29.8 Å². The van der Waals surface area contributed by atoms with Crippen LogP contribution in [0.25, 0.3) is 0 Å². The van der Waals surface area contributed by atoms with Crippen molar-refractivity contribution in [2.75, 3.05) is 11.6 Å². The second-order valence-electron chi connectivity index (χ2n) is 3.39. The maximum Gasteiger partial charge on any atom is 0.300 e. The first kappa shape index (κ1) is 14.1. The highest BCUT2D eigenvalue weighted by atomic mass is 32.2. The van der Waals surface area contributed by atoms with Crippen molar-refractivity contribution in [1.29, 1.82) is 0 Å². The number of rotatable bonds is 3. The molecule has 3 N–H and O–H groups in total. The molecular weight excluding hydrogens is 246 g/mol. The summed E-state index contributed by atoms with van der Waals surface area (Å²) in [5.41, 5.74) is 7.29. The lowest BCUT2D eigenvalue weighted by molar-refractivity contribution is -0.111. The number of nitrogens with one attached hydrogen (secondary N) is 1. The van der Waals surface area contributed by atoms with Crippen molar-refractivity contribution in [1.82, 2.24) is 0 Å². The fourth-order valence-electron chi connectivity index (χ4n) is 1.26. The lowest BCUT2D eigenvalue weighted by atomic mass is 10.2. The Labute approximate surface area is 111 Å². The van der Waals surface area contributed by atoms with E-state index in [-0.39, 0.29) is 5.91 Å². The summed E-state index contributed by atoms with van der Waals surface area (Å²) in [6.07, 6.45) is 1.87. The van der Waals surface area contributed by atoms with E-state index < -0.39 is 0 Å². The van der Waals surface area contributed by atoms with E-state index in [1.54, 1.807) is 13.0 Å². The van der Waals surface area contributed by atoms with Gasteiger partial charge in [0.05, 0.1) is 6.54 Å². The molecule has 0 saturated carbocycles. The Bertz CT molecular complexity index is 514. The Balaban J connectivity index is 2.72. The molecule has 0 aliphatic heterocycles. The molecule has 1 amide bonds. The van der Waals surface area contributed by atoms with Crippen LogP contribution in [0.1, 0.15) is 12.5 Å². The molecule has 0 saturated heterocycles. The van der Waals surface area contributed by atoms with Gasteiger partial charge in [-0.15, -0.1) is 0 Å². The third-order valence-corrected chi connectivity index (χ3v) is 2.60. The molecule has 0 bridgehead atoms. The molecule has 1 rings (SSSR count). The van der Waals surface area contributed by atoms with Crippen LogP contribution in [-0.4, -0.2) is 17.3 Å². The molecular formula is C13H15N3OS. The molecule has 0 heterocycles. The number of carbonyl (C=O) groups is 1. The summed E-state index contributed by atoms with van der Waals surface area (Å²) in [7, 11) is 0. The Hall–Kier alpha value is -1.93. The lowest BCUT2D eigenvalue weighted by Gasteiger charge is -2.03. The van der Waals surface area contributed by atoms with Gasteiger partial charge < -0.3 is 11.1 Å². The van der Waals surface area contributed by atoms with E-state index in [9.17, 15) is 4.79 Å². The Morgan fingerprint density at radius 2 is 2.33 bits per heavy atom. The summed E-state index contributed by atoms with van der Waals surface area (Å²) in [4.78, 5) is 15.5. The van der Waals surface area contributed by atoms with E-state index in [0.29, 0.717) is 17.4 Å².